The van der Waals surface area contributed by atoms with Gasteiger partial charge in [0.05, 0.1) is 6.54 Å². The number of carbonyl (C=O) groups excluding carboxylic acids is 1. The van der Waals surface area contributed by atoms with Crippen LogP contribution < -0.4 is 4.90 Å². The summed E-state index contributed by atoms with van der Waals surface area (Å²) >= 11 is 0. The molecule has 4 rings (SSSR count). The summed E-state index contributed by atoms with van der Waals surface area (Å²) in [5, 5.41) is 0. The number of hydrogen-bond acceptors (Lipinski definition) is 3. The van der Waals surface area contributed by atoms with E-state index < -0.39 is 0 Å². The predicted octanol–water partition coefficient (Wildman–Crippen LogP) is 2.36. The smallest absolute Gasteiger partial charge is 0.227 e. The van der Waals surface area contributed by atoms with E-state index in [-0.39, 0.29) is 11.3 Å². The van der Waals surface area contributed by atoms with Crippen LogP contribution in [0, 0.1) is 12.3 Å². The number of benzene rings is 1. The Morgan fingerprint density at radius 2 is 2.00 bits per heavy atom. The van der Waals surface area contributed by atoms with E-state index in [1.165, 1.54) is 5.56 Å². The Labute approximate surface area is 142 Å². The second-order valence-corrected chi connectivity index (χ2v) is 7.41. The number of rotatable bonds is 3. The normalized spacial score (nSPS) is 24.4. The third-order valence-electron chi connectivity index (χ3n) is 5.47. The molecule has 1 amide bonds. The summed E-state index contributed by atoms with van der Waals surface area (Å²) in [5.41, 5.74) is 2.36. The fourth-order valence-electron chi connectivity index (χ4n) is 4.04. The van der Waals surface area contributed by atoms with Gasteiger partial charge in [-0.15, -0.1) is 0 Å². The van der Waals surface area contributed by atoms with E-state index in [1.54, 1.807) is 0 Å². The van der Waals surface area contributed by atoms with Gasteiger partial charge in [0.2, 0.25) is 5.91 Å². The molecule has 2 aliphatic heterocycles. The zero-order valence-electron chi connectivity index (χ0n) is 14.4. The highest BCUT2D eigenvalue weighted by Crippen LogP contribution is 2.42. The minimum atomic E-state index is 0.104. The number of amides is 1. The lowest BCUT2D eigenvalue weighted by Gasteiger charge is -2.24. The molecule has 126 valence electrons. The van der Waals surface area contributed by atoms with Crippen molar-refractivity contribution in [2.45, 2.75) is 26.3 Å². The summed E-state index contributed by atoms with van der Waals surface area (Å²) in [6.45, 7) is 5.80. The Hall–Kier alpha value is -2.14. The molecule has 1 spiro atoms. The van der Waals surface area contributed by atoms with Crippen molar-refractivity contribution in [3.8, 4) is 0 Å². The topological polar surface area (TPSA) is 41.4 Å². The zero-order valence-corrected chi connectivity index (χ0v) is 14.4. The van der Waals surface area contributed by atoms with Crippen molar-refractivity contribution < 1.29 is 4.79 Å². The maximum Gasteiger partial charge on any atom is 0.227 e. The van der Waals surface area contributed by atoms with E-state index in [4.69, 9.17) is 0 Å². The Kier molecular flexibility index (Phi) is 3.68. The average Bonchev–Trinajstić information content (AvgIpc) is 3.22. The van der Waals surface area contributed by atoms with E-state index in [1.807, 2.05) is 24.3 Å². The molecule has 24 heavy (non-hydrogen) atoms. The third-order valence-corrected chi connectivity index (χ3v) is 5.47. The van der Waals surface area contributed by atoms with Crippen LogP contribution >= 0.6 is 0 Å². The average molecular weight is 324 g/mol. The molecule has 1 aromatic heterocycles. The second-order valence-electron chi connectivity index (χ2n) is 7.41. The zero-order chi connectivity index (χ0) is 16.7. The summed E-state index contributed by atoms with van der Waals surface area (Å²) < 4.78 is 2.07. The van der Waals surface area contributed by atoms with E-state index in [2.05, 4.69) is 45.6 Å². The van der Waals surface area contributed by atoms with Crippen LogP contribution in [0.1, 0.15) is 24.2 Å². The number of nitrogens with zero attached hydrogens (tertiary/aromatic N) is 4. The maximum atomic E-state index is 12.6. The first-order chi connectivity index (χ1) is 11.5. The van der Waals surface area contributed by atoms with Crippen LogP contribution in [0.2, 0.25) is 0 Å². The van der Waals surface area contributed by atoms with Crippen LogP contribution in [0.25, 0.3) is 0 Å². The van der Waals surface area contributed by atoms with Crippen molar-refractivity contribution in [2.24, 2.45) is 12.5 Å². The molecule has 0 N–H and O–H groups in total. The van der Waals surface area contributed by atoms with Crippen LogP contribution in [0.15, 0.2) is 36.7 Å². The number of hydrogen-bond donors (Lipinski definition) is 0. The van der Waals surface area contributed by atoms with Crippen LogP contribution in [0.5, 0.6) is 0 Å². The minimum absolute atomic E-state index is 0.104. The molecule has 2 aliphatic rings. The molecule has 0 saturated carbocycles. The Bertz CT molecular complexity index is 751. The van der Waals surface area contributed by atoms with Gasteiger partial charge < -0.3 is 9.47 Å². The highest BCUT2D eigenvalue weighted by molar-refractivity contribution is 5.96. The third kappa shape index (κ3) is 2.73. The van der Waals surface area contributed by atoms with Gasteiger partial charge in [0.15, 0.2) is 0 Å². The number of imidazole rings is 1. The largest absolute Gasteiger partial charge is 0.337 e. The first-order valence-electron chi connectivity index (χ1n) is 8.60. The fourth-order valence-corrected chi connectivity index (χ4v) is 4.04. The summed E-state index contributed by atoms with van der Waals surface area (Å²) in [4.78, 5) is 21.4. The quantitative estimate of drug-likeness (QED) is 0.870. The standard InChI is InChI=1S/C19H24N4O/c1-15-3-5-16(6-4-15)23-14-19(11-18(23)24)7-9-22(13-19)12-17-20-8-10-21(17)2/h3-6,8,10H,7,9,11-14H2,1-2H3. The molecular formula is C19H24N4O. The molecule has 2 fully saturated rings. The lowest BCUT2D eigenvalue weighted by molar-refractivity contribution is -0.117. The van der Waals surface area contributed by atoms with Crippen molar-refractivity contribution in [1.29, 1.82) is 0 Å². The minimum Gasteiger partial charge on any atom is -0.337 e. The molecule has 2 aromatic rings. The van der Waals surface area contributed by atoms with Gasteiger partial charge in [0.1, 0.15) is 5.82 Å². The van der Waals surface area contributed by atoms with Gasteiger partial charge in [0.25, 0.3) is 0 Å². The van der Waals surface area contributed by atoms with Gasteiger partial charge in [-0.3, -0.25) is 9.69 Å². The predicted molar refractivity (Wildman–Crippen MR) is 93.7 cm³/mol. The summed E-state index contributed by atoms with van der Waals surface area (Å²) in [6.07, 6.45) is 5.59. The highest BCUT2D eigenvalue weighted by Gasteiger charge is 2.47. The van der Waals surface area contributed by atoms with Crippen molar-refractivity contribution in [3.05, 3.63) is 48.0 Å². The molecule has 0 aliphatic carbocycles. The number of carbonyl (C=O) groups is 1. The molecule has 2 saturated heterocycles. The van der Waals surface area contributed by atoms with Crippen molar-refractivity contribution >= 4 is 11.6 Å². The van der Waals surface area contributed by atoms with E-state index in [0.717, 1.165) is 44.1 Å². The number of likely N-dealkylation sites (tertiary alicyclic amines) is 1. The van der Waals surface area contributed by atoms with Crippen molar-refractivity contribution in [1.82, 2.24) is 14.5 Å². The molecule has 5 heteroatoms. The van der Waals surface area contributed by atoms with Crippen LogP contribution in [-0.4, -0.2) is 40.0 Å². The van der Waals surface area contributed by atoms with Crippen LogP contribution in [0.3, 0.4) is 0 Å². The SMILES string of the molecule is Cc1ccc(N2CC3(CCN(Cc4nccn4C)C3)CC2=O)cc1. The maximum absolute atomic E-state index is 12.6. The van der Waals surface area contributed by atoms with Gasteiger partial charge in [0, 0.05) is 50.1 Å². The van der Waals surface area contributed by atoms with E-state index in [0.29, 0.717) is 6.42 Å². The van der Waals surface area contributed by atoms with Crippen LogP contribution in [0.4, 0.5) is 5.69 Å². The van der Waals surface area contributed by atoms with Crippen LogP contribution in [-0.2, 0) is 18.4 Å². The van der Waals surface area contributed by atoms with Gasteiger partial charge in [-0.05, 0) is 32.0 Å². The summed E-state index contributed by atoms with van der Waals surface area (Å²) in [7, 11) is 2.03. The Morgan fingerprint density at radius 3 is 2.71 bits per heavy atom. The van der Waals surface area contributed by atoms with Gasteiger partial charge in [-0.2, -0.15) is 0 Å². The van der Waals surface area contributed by atoms with Gasteiger partial charge >= 0.3 is 0 Å². The molecular weight excluding hydrogens is 300 g/mol. The number of aromatic nitrogens is 2. The van der Waals surface area contributed by atoms with Crippen molar-refractivity contribution in [3.63, 3.8) is 0 Å². The van der Waals surface area contributed by atoms with Crippen molar-refractivity contribution in [2.75, 3.05) is 24.5 Å². The second kappa shape index (κ2) is 5.74. The van der Waals surface area contributed by atoms with E-state index in [9.17, 15) is 4.79 Å². The molecule has 1 atom stereocenters. The molecule has 0 bridgehead atoms. The monoisotopic (exact) mass is 324 g/mol. The highest BCUT2D eigenvalue weighted by atomic mass is 16.2. The number of aryl methyl sites for hydroxylation is 2. The lowest BCUT2D eigenvalue weighted by Crippen LogP contribution is -2.31. The Balaban J connectivity index is 1.46. The van der Waals surface area contributed by atoms with E-state index >= 15 is 0 Å². The van der Waals surface area contributed by atoms with Gasteiger partial charge in [-0.1, -0.05) is 17.7 Å². The first kappa shape index (κ1) is 15.4. The number of anilines is 1. The summed E-state index contributed by atoms with van der Waals surface area (Å²) in [6, 6.07) is 8.28. The molecule has 3 heterocycles. The Morgan fingerprint density at radius 1 is 1.21 bits per heavy atom. The molecule has 1 unspecified atom stereocenters. The molecule has 0 radical (unpaired) electrons. The molecule has 5 nitrogen and oxygen atoms in total. The fraction of sp³-hybridized carbons (Fsp3) is 0.474. The molecule has 1 aromatic carbocycles. The lowest BCUT2D eigenvalue weighted by atomic mass is 9.86. The van der Waals surface area contributed by atoms with Gasteiger partial charge in [-0.25, -0.2) is 4.98 Å². The first-order valence-corrected chi connectivity index (χ1v) is 8.60. The summed E-state index contributed by atoms with van der Waals surface area (Å²) in [5.74, 6) is 1.35.